The lowest BCUT2D eigenvalue weighted by Gasteiger charge is -2.09. The van der Waals surface area contributed by atoms with E-state index >= 15 is 0 Å². The van der Waals surface area contributed by atoms with Gasteiger partial charge in [-0.15, -0.1) is 0 Å². The topological polar surface area (TPSA) is 72.5 Å². The molecule has 5 nitrogen and oxygen atoms in total. The maximum absolute atomic E-state index is 11.8. The average molecular weight is 340 g/mol. The van der Waals surface area contributed by atoms with E-state index in [1.165, 1.54) is 12.1 Å². The third-order valence-electron chi connectivity index (χ3n) is 2.74. The first-order valence-electron chi connectivity index (χ1n) is 6.33. The molecule has 0 atom stereocenters. The standard InChI is InChI=1S/C15H14ClNO4S/c1-22(19,20)12-6-4-5-11(9-12)17-15(18)10-21-14-8-3-2-7-13(14)16/h2-9H,10H2,1H3,(H,17,18). The number of carbonyl (C=O) groups excluding carboxylic acids is 1. The summed E-state index contributed by atoms with van der Waals surface area (Å²) in [6, 6.07) is 12.8. The molecule has 7 heteroatoms. The molecule has 0 fully saturated rings. The van der Waals surface area contributed by atoms with Crippen LogP contribution in [0.4, 0.5) is 5.69 Å². The molecule has 2 aromatic rings. The average Bonchev–Trinajstić information content (AvgIpc) is 2.46. The van der Waals surface area contributed by atoms with Gasteiger partial charge in [0.15, 0.2) is 16.4 Å². The molecular weight excluding hydrogens is 326 g/mol. The second-order valence-electron chi connectivity index (χ2n) is 4.57. The van der Waals surface area contributed by atoms with Crippen LogP contribution in [0, 0.1) is 0 Å². The normalized spacial score (nSPS) is 11.0. The van der Waals surface area contributed by atoms with Gasteiger partial charge in [-0.2, -0.15) is 0 Å². The number of halogens is 1. The second kappa shape index (κ2) is 6.81. The first kappa shape index (κ1) is 16.3. The number of nitrogens with one attached hydrogen (secondary N) is 1. The zero-order valence-corrected chi connectivity index (χ0v) is 13.3. The summed E-state index contributed by atoms with van der Waals surface area (Å²) in [5.41, 5.74) is 0.385. The van der Waals surface area contributed by atoms with Crippen molar-refractivity contribution in [1.29, 1.82) is 0 Å². The van der Waals surface area contributed by atoms with Crippen molar-refractivity contribution in [3.05, 3.63) is 53.6 Å². The number of para-hydroxylation sites is 1. The van der Waals surface area contributed by atoms with Gasteiger partial charge in [-0.1, -0.05) is 29.8 Å². The van der Waals surface area contributed by atoms with E-state index in [-0.39, 0.29) is 11.5 Å². The number of sulfone groups is 1. The maximum Gasteiger partial charge on any atom is 0.262 e. The van der Waals surface area contributed by atoms with Crippen LogP contribution in [0.1, 0.15) is 0 Å². The van der Waals surface area contributed by atoms with Gasteiger partial charge in [0.1, 0.15) is 5.75 Å². The number of benzene rings is 2. The van der Waals surface area contributed by atoms with E-state index in [9.17, 15) is 13.2 Å². The Hall–Kier alpha value is -2.05. The van der Waals surface area contributed by atoms with Crippen LogP contribution in [-0.4, -0.2) is 27.2 Å². The van der Waals surface area contributed by atoms with Gasteiger partial charge in [-0.25, -0.2) is 8.42 Å². The van der Waals surface area contributed by atoms with Crippen LogP contribution in [0.2, 0.25) is 5.02 Å². The van der Waals surface area contributed by atoms with Crippen molar-refractivity contribution in [3.8, 4) is 5.75 Å². The summed E-state index contributed by atoms with van der Waals surface area (Å²) in [5, 5.41) is 2.98. The molecule has 0 saturated carbocycles. The number of rotatable bonds is 5. The minimum atomic E-state index is -3.32. The minimum Gasteiger partial charge on any atom is -0.482 e. The van der Waals surface area contributed by atoms with E-state index < -0.39 is 15.7 Å². The first-order valence-corrected chi connectivity index (χ1v) is 8.60. The highest BCUT2D eigenvalue weighted by molar-refractivity contribution is 7.90. The summed E-state index contributed by atoms with van der Waals surface area (Å²) in [4.78, 5) is 12.0. The predicted octanol–water partition coefficient (Wildman–Crippen LogP) is 2.76. The maximum atomic E-state index is 11.8. The van der Waals surface area contributed by atoms with Crippen molar-refractivity contribution in [1.82, 2.24) is 0 Å². The highest BCUT2D eigenvalue weighted by Crippen LogP contribution is 2.23. The summed E-state index contributed by atoms with van der Waals surface area (Å²) in [6.07, 6.45) is 1.11. The monoisotopic (exact) mass is 339 g/mol. The van der Waals surface area contributed by atoms with E-state index in [2.05, 4.69) is 5.32 Å². The fourth-order valence-electron chi connectivity index (χ4n) is 1.71. The zero-order chi connectivity index (χ0) is 16.2. The number of ether oxygens (including phenoxy) is 1. The zero-order valence-electron chi connectivity index (χ0n) is 11.7. The molecule has 0 aromatic heterocycles. The van der Waals surface area contributed by atoms with Crippen molar-refractivity contribution >= 4 is 33.0 Å². The molecule has 1 N–H and O–H groups in total. The van der Waals surface area contributed by atoms with E-state index in [0.29, 0.717) is 16.5 Å². The molecule has 0 spiro atoms. The van der Waals surface area contributed by atoms with Crippen LogP contribution >= 0.6 is 11.6 Å². The molecular formula is C15H14ClNO4S. The fraction of sp³-hybridized carbons (Fsp3) is 0.133. The Bertz CT molecular complexity index is 790. The molecule has 0 saturated heterocycles. The minimum absolute atomic E-state index is 0.136. The Kier molecular flexibility index (Phi) is 5.05. The quantitative estimate of drug-likeness (QED) is 0.909. The molecule has 0 bridgehead atoms. The second-order valence-corrected chi connectivity index (χ2v) is 6.99. The van der Waals surface area contributed by atoms with Crippen molar-refractivity contribution in [2.75, 3.05) is 18.2 Å². The number of amides is 1. The van der Waals surface area contributed by atoms with Gasteiger partial charge < -0.3 is 10.1 Å². The van der Waals surface area contributed by atoms with Crippen LogP contribution in [0.15, 0.2) is 53.4 Å². The van der Waals surface area contributed by atoms with Gasteiger partial charge in [0.2, 0.25) is 0 Å². The fourth-order valence-corrected chi connectivity index (χ4v) is 2.56. The Morgan fingerprint density at radius 2 is 1.91 bits per heavy atom. The van der Waals surface area contributed by atoms with Crippen LogP contribution in [-0.2, 0) is 14.6 Å². The van der Waals surface area contributed by atoms with Crippen molar-refractivity contribution in [2.24, 2.45) is 0 Å². The van der Waals surface area contributed by atoms with E-state index in [0.717, 1.165) is 6.26 Å². The molecule has 2 aromatic carbocycles. The van der Waals surface area contributed by atoms with Gasteiger partial charge in [-0.3, -0.25) is 4.79 Å². The Morgan fingerprint density at radius 3 is 2.59 bits per heavy atom. The molecule has 0 radical (unpaired) electrons. The number of anilines is 1. The highest BCUT2D eigenvalue weighted by Gasteiger charge is 2.10. The highest BCUT2D eigenvalue weighted by atomic mass is 35.5. The van der Waals surface area contributed by atoms with Gasteiger partial charge in [-0.05, 0) is 30.3 Å². The van der Waals surface area contributed by atoms with Gasteiger partial charge in [0, 0.05) is 11.9 Å². The van der Waals surface area contributed by atoms with Gasteiger partial charge in [0.05, 0.1) is 9.92 Å². The van der Waals surface area contributed by atoms with Gasteiger partial charge >= 0.3 is 0 Å². The lowest BCUT2D eigenvalue weighted by atomic mass is 10.3. The Morgan fingerprint density at radius 1 is 1.18 bits per heavy atom. The predicted molar refractivity (Wildman–Crippen MR) is 85.1 cm³/mol. The molecule has 0 heterocycles. The van der Waals surface area contributed by atoms with Crippen LogP contribution < -0.4 is 10.1 Å². The smallest absolute Gasteiger partial charge is 0.262 e. The van der Waals surface area contributed by atoms with E-state index in [1.807, 2.05) is 0 Å². The Balaban J connectivity index is 2.00. The molecule has 2 rings (SSSR count). The SMILES string of the molecule is CS(=O)(=O)c1cccc(NC(=O)COc2ccccc2Cl)c1. The lowest BCUT2D eigenvalue weighted by molar-refractivity contribution is -0.118. The lowest BCUT2D eigenvalue weighted by Crippen LogP contribution is -2.20. The third kappa shape index (κ3) is 4.47. The molecule has 0 aliphatic heterocycles. The van der Waals surface area contributed by atoms with Crippen LogP contribution in [0.25, 0.3) is 0 Å². The van der Waals surface area contributed by atoms with Crippen molar-refractivity contribution in [3.63, 3.8) is 0 Å². The van der Waals surface area contributed by atoms with E-state index in [1.54, 1.807) is 36.4 Å². The molecule has 0 aliphatic carbocycles. The van der Waals surface area contributed by atoms with E-state index in [4.69, 9.17) is 16.3 Å². The van der Waals surface area contributed by atoms with Crippen molar-refractivity contribution in [2.45, 2.75) is 4.90 Å². The van der Waals surface area contributed by atoms with Gasteiger partial charge in [0.25, 0.3) is 5.91 Å². The summed E-state index contributed by atoms with van der Waals surface area (Å²) < 4.78 is 28.2. The summed E-state index contributed by atoms with van der Waals surface area (Å²) in [7, 11) is -3.32. The summed E-state index contributed by atoms with van der Waals surface area (Å²) in [5.74, 6) is -0.00484. The summed E-state index contributed by atoms with van der Waals surface area (Å²) >= 11 is 5.92. The molecule has 22 heavy (non-hydrogen) atoms. The van der Waals surface area contributed by atoms with Crippen LogP contribution in [0.3, 0.4) is 0 Å². The Labute approximate surface area is 133 Å². The summed E-state index contributed by atoms with van der Waals surface area (Å²) in [6.45, 7) is -0.229. The number of hydrogen-bond acceptors (Lipinski definition) is 4. The molecule has 0 unspecified atom stereocenters. The van der Waals surface area contributed by atoms with Crippen molar-refractivity contribution < 1.29 is 17.9 Å². The largest absolute Gasteiger partial charge is 0.482 e. The molecule has 0 aliphatic rings. The van der Waals surface area contributed by atoms with Crippen LogP contribution in [0.5, 0.6) is 5.75 Å². The molecule has 116 valence electrons. The number of carbonyl (C=O) groups is 1. The molecule has 1 amide bonds. The first-order chi connectivity index (χ1) is 10.4. The third-order valence-corrected chi connectivity index (χ3v) is 4.16. The number of hydrogen-bond donors (Lipinski definition) is 1.